The Morgan fingerprint density at radius 3 is 2.50 bits per heavy atom. The molecule has 0 aliphatic heterocycles. The van der Waals surface area contributed by atoms with Crippen molar-refractivity contribution in [2.75, 3.05) is 18.5 Å². The maximum atomic E-state index is 11.8. The number of aromatic nitrogens is 3. The maximum Gasteiger partial charge on any atom is 0.422 e. The number of ether oxygens (including phenoxy) is 1. The number of hydrogen-bond donors (Lipinski definition) is 2. The molecule has 11 heteroatoms. The second kappa shape index (κ2) is 7.44. The molecule has 2 rings (SSSR count). The van der Waals surface area contributed by atoms with Crippen LogP contribution in [-0.4, -0.2) is 46.1 Å². The highest BCUT2D eigenvalue weighted by molar-refractivity contribution is 5.93. The largest absolute Gasteiger partial charge is 0.440 e. The van der Waals surface area contributed by atoms with Gasteiger partial charge in [-0.05, 0) is 24.3 Å². The molecule has 2 aromatic rings. The molecule has 2 N–H and O–H groups in total. The van der Waals surface area contributed by atoms with E-state index in [1.165, 1.54) is 17.3 Å². The molecule has 2 amide bonds. The average Bonchev–Trinajstić information content (AvgIpc) is 3.05. The van der Waals surface area contributed by atoms with Gasteiger partial charge in [-0.2, -0.15) is 18.3 Å². The lowest BCUT2D eigenvalue weighted by Gasteiger charge is -2.09. The molecule has 24 heavy (non-hydrogen) atoms. The van der Waals surface area contributed by atoms with Gasteiger partial charge in [-0.15, -0.1) is 0 Å². The topological polar surface area (TPSA) is 98.1 Å². The van der Waals surface area contributed by atoms with Gasteiger partial charge in [0, 0.05) is 5.69 Å². The predicted octanol–water partition coefficient (Wildman–Crippen LogP) is 1.49. The van der Waals surface area contributed by atoms with E-state index in [1.807, 2.05) is 5.32 Å². The van der Waals surface area contributed by atoms with Crippen LogP contribution >= 0.6 is 0 Å². The fraction of sp³-hybridized carbons (Fsp3) is 0.231. The third-order valence-electron chi connectivity index (χ3n) is 2.59. The van der Waals surface area contributed by atoms with Crippen molar-refractivity contribution in [2.24, 2.45) is 0 Å². The van der Waals surface area contributed by atoms with Gasteiger partial charge in [0.15, 0.2) is 6.61 Å². The van der Waals surface area contributed by atoms with E-state index < -0.39 is 31.3 Å². The van der Waals surface area contributed by atoms with Crippen LogP contribution in [0.1, 0.15) is 0 Å². The van der Waals surface area contributed by atoms with Crippen molar-refractivity contribution in [1.29, 1.82) is 0 Å². The number of nitrogens with zero attached hydrogens (tertiary/aromatic N) is 3. The zero-order chi connectivity index (χ0) is 17.6. The van der Waals surface area contributed by atoms with Crippen LogP contribution in [-0.2, 0) is 9.53 Å². The van der Waals surface area contributed by atoms with Gasteiger partial charge >= 0.3 is 12.3 Å². The Morgan fingerprint density at radius 1 is 1.21 bits per heavy atom. The van der Waals surface area contributed by atoms with Crippen molar-refractivity contribution >= 4 is 17.7 Å². The van der Waals surface area contributed by atoms with Crippen LogP contribution in [0.4, 0.5) is 23.7 Å². The highest BCUT2D eigenvalue weighted by Gasteiger charge is 2.29. The molecular formula is C13H12F3N5O3. The normalized spacial score (nSPS) is 11.0. The number of amides is 2. The molecule has 0 saturated heterocycles. The molecule has 0 fully saturated rings. The van der Waals surface area contributed by atoms with Crippen molar-refractivity contribution in [3.05, 3.63) is 36.9 Å². The lowest BCUT2D eigenvalue weighted by atomic mass is 10.3. The monoisotopic (exact) mass is 343 g/mol. The molecule has 0 bridgehead atoms. The van der Waals surface area contributed by atoms with Crippen molar-refractivity contribution in [2.45, 2.75) is 6.18 Å². The van der Waals surface area contributed by atoms with Gasteiger partial charge in [-0.1, -0.05) is 0 Å². The van der Waals surface area contributed by atoms with E-state index in [2.05, 4.69) is 20.1 Å². The summed E-state index contributed by atoms with van der Waals surface area (Å²) in [6.45, 7) is -2.24. The zero-order valence-corrected chi connectivity index (χ0v) is 12.1. The van der Waals surface area contributed by atoms with Crippen molar-refractivity contribution in [3.8, 4) is 5.69 Å². The Balaban J connectivity index is 1.77. The first-order chi connectivity index (χ1) is 11.3. The summed E-state index contributed by atoms with van der Waals surface area (Å²) in [5, 5.41) is 8.32. The van der Waals surface area contributed by atoms with Gasteiger partial charge in [0.25, 0.3) is 0 Å². The standard InChI is InChI=1S/C13H12F3N5O3/c14-13(15,16)6-24-12(23)18-5-11(22)20-9-1-3-10(4-2-9)21-8-17-7-19-21/h1-4,7-8H,5-6H2,(H,18,23)(H,20,22). The number of carbonyl (C=O) groups excluding carboxylic acids is 2. The summed E-state index contributed by atoms with van der Waals surface area (Å²) >= 11 is 0. The van der Waals surface area contributed by atoms with Crippen LogP contribution in [0.5, 0.6) is 0 Å². The molecule has 0 spiro atoms. The number of nitrogens with one attached hydrogen (secondary N) is 2. The second-order valence-corrected chi connectivity index (χ2v) is 4.48. The van der Waals surface area contributed by atoms with Crippen molar-refractivity contribution in [1.82, 2.24) is 20.1 Å². The fourth-order valence-corrected chi connectivity index (χ4v) is 1.60. The number of carbonyl (C=O) groups is 2. The van der Waals surface area contributed by atoms with Crippen LogP contribution < -0.4 is 10.6 Å². The van der Waals surface area contributed by atoms with Gasteiger partial charge in [0.2, 0.25) is 5.91 Å². The van der Waals surface area contributed by atoms with E-state index in [9.17, 15) is 22.8 Å². The second-order valence-electron chi connectivity index (χ2n) is 4.48. The number of alkyl halides is 3. The quantitative estimate of drug-likeness (QED) is 0.857. The van der Waals surface area contributed by atoms with Crippen LogP contribution in [0.15, 0.2) is 36.9 Å². The predicted molar refractivity (Wildman–Crippen MR) is 75.4 cm³/mol. The molecule has 0 saturated carbocycles. The summed E-state index contributed by atoms with van der Waals surface area (Å²) in [5.74, 6) is -0.618. The number of anilines is 1. The Hall–Kier alpha value is -3.11. The Morgan fingerprint density at radius 2 is 1.92 bits per heavy atom. The van der Waals surface area contributed by atoms with E-state index >= 15 is 0 Å². The third-order valence-corrected chi connectivity index (χ3v) is 2.59. The summed E-state index contributed by atoms with van der Waals surface area (Å²) in [6.07, 6.45) is -3.07. The van der Waals surface area contributed by atoms with Crippen LogP contribution in [0.25, 0.3) is 5.69 Å². The van der Waals surface area contributed by atoms with Gasteiger partial charge in [-0.3, -0.25) is 4.79 Å². The first-order valence-corrected chi connectivity index (χ1v) is 6.56. The van der Waals surface area contributed by atoms with Crippen LogP contribution in [0.3, 0.4) is 0 Å². The lowest BCUT2D eigenvalue weighted by Crippen LogP contribution is -2.35. The third kappa shape index (κ3) is 5.59. The van der Waals surface area contributed by atoms with Crippen LogP contribution in [0.2, 0.25) is 0 Å². The summed E-state index contributed by atoms with van der Waals surface area (Å²) in [5.41, 5.74) is 1.16. The summed E-state index contributed by atoms with van der Waals surface area (Å²) in [4.78, 5) is 26.4. The summed E-state index contributed by atoms with van der Waals surface area (Å²) in [6, 6.07) is 6.54. The molecule has 0 aliphatic rings. The van der Waals surface area contributed by atoms with Gasteiger partial charge in [0.1, 0.15) is 19.2 Å². The first-order valence-electron chi connectivity index (χ1n) is 6.56. The maximum absolute atomic E-state index is 11.8. The van der Waals surface area contributed by atoms with Gasteiger partial charge in [0.05, 0.1) is 5.69 Å². The zero-order valence-electron chi connectivity index (χ0n) is 12.1. The SMILES string of the molecule is O=C(CNC(=O)OCC(F)(F)F)Nc1ccc(-n2cncn2)cc1. The lowest BCUT2D eigenvalue weighted by molar-refractivity contribution is -0.160. The number of hydrogen-bond acceptors (Lipinski definition) is 5. The number of alkyl carbamates (subject to hydrolysis) is 1. The van der Waals surface area contributed by atoms with E-state index in [0.717, 1.165) is 5.69 Å². The smallest absolute Gasteiger partial charge is 0.422 e. The number of halogens is 3. The highest BCUT2D eigenvalue weighted by atomic mass is 19.4. The van der Waals surface area contributed by atoms with Crippen molar-refractivity contribution in [3.63, 3.8) is 0 Å². The molecule has 1 aromatic heterocycles. The van der Waals surface area contributed by atoms with Gasteiger partial charge in [-0.25, -0.2) is 14.5 Å². The molecule has 0 aliphatic carbocycles. The van der Waals surface area contributed by atoms with E-state index in [1.54, 1.807) is 24.3 Å². The van der Waals surface area contributed by atoms with E-state index in [0.29, 0.717) is 5.69 Å². The molecule has 128 valence electrons. The van der Waals surface area contributed by atoms with Gasteiger partial charge < -0.3 is 15.4 Å². The molecule has 0 radical (unpaired) electrons. The Kier molecular flexibility index (Phi) is 5.35. The van der Waals surface area contributed by atoms with E-state index in [4.69, 9.17) is 0 Å². The molecule has 1 aromatic carbocycles. The highest BCUT2D eigenvalue weighted by Crippen LogP contribution is 2.14. The summed E-state index contributed by atoms with van der Waals surface area (Å²) < 4.78 is 40.9. The minimum atomic E-state index is -4.62. The molecule has 0 atom stereocenters. The number of benzene rings is 1. The Bertz CT molecular complexity index is 686. The molecular weight excluding hydrogens is 331 g/mol. The Labute approximate surface area is 133 Å². The molecule has 8 nitrogen and oxygen atoms in total. The first kappa shape index (κ1) is 17.2. The van der Waals surface area contributed by atoms with Crippen LogP contribution in [0, 0.1) is 0 Å². The molecule has 0 unspecified atom stereocenters. The average molecular weight is 343 g/mol. The minimum Gasteiger partial charge on any atom is -0.440 e. The molecule has 1 heterocycles. The van der Waals surface area contributed by atoms with Crippen molar-refractivity contribution < 1.29 is 27.5 Å². The number of rotatable bonds is 5. The minimum absolute atomic E-state index is 0.439. The van der Waals surface area contributed by atoms with E-state index in [-0.39, 0.29) is 0 Å². The summed E-state index contributed by atoms with van der Waals surface area (Å²) in [7, 11) is 0. The fourth-order valence-electron chi connectivity index (χ4n) is 1.60.